The van der Waals surface area contributed by atoms with Gasteiger partial charge in [0.2, 0.25) is 0 Å². The standard InChI is InChI=1S/C25H21N3O5S2/c29-25(19-11-13-22(14-12-19)28-34(30,31)23-9-5-2-6-10-23)26-20-15-17-24(18-16-20)35(32,33)27-21-7-3-1-4-8-21/h1-18,27-28H,(H,26,29). The van der Waals surface area contributed by atoms with Crippen molar-refractivity contribution < 1.29 is 21.6 Å². The maximum atomic E-state index is 12.6. The minimum absolute atomic E-state index is 0.0504. The van der Waals surface area contributed by atoms with Crippen LogP contribution in [0.15, 0.2) is 119 Å². The topological polar surface area (TPSA) is 121 Å². The lowest BCUT2D eigenvalue weighted by Gasteiger charge is -2.10. The van der Waals surface area contributed by atoms with E-state index in [1.165, 1.54) is 60.7 Å². The van der Waals surface area contributed by atoms with Gasteiger partial charge in [0.1, 0.15) is 0 Å². The first-order valence-corrected chi connectivity index (χ1v) is 13.4. The summed E-state index contributed by atoms with van der Waals surface area (Å²) in [5.74, 6) is -0.430. The van der Waals surface area contributed by atoms with Crippen molar-refractivity contribution in [2.75, 3.05) is 14.8 Å². The molecule has 4 aromatic carbocycles. The Labute approximate surface area is 203 Å². The van der Waals surface area contributed by atoms with Gasteiger partial charge in [0.05, 0.1) is 9.79 Å². The summed E-state index contributed by atoms with van der Waals surface area (Å²) >= 11 is 0. The zero-order valence-corrected chi connectivity index (χ0v) is 19.9. The predicted molar refractivity (Wildman–Crippen MR) is 135 cm³/mol. The summed E-state index contributed by atoms with van der Waals surface area (Å²) in [4.78, 5) is 12.8. The number of hydrogen-bond acceptors (Lipinski definition) is 5. The van der Waals surface area contributed by atoms with Crippen molar-refractivity contribution in [2.45, 2.75) is 9.79 Å². The molecule has 0 unspecified atom stereocenters. The molecule has 4 rings (SSSR count). The molecule has 0 aromatic heterocycles. The van der Waals surface area contributed by atoms with E-state index in [9.17, 15) is 21.6 Å². The molecular formula is C25H21N3O5S2. The van der Waals surface area contributed by atoms with Crippen molar-refractivity contribution in [3.05, 3.63) is 115 Å². The molecule has 178 valence electrons. The van der Waals surface area contributed by atoms with Crippen LogP contribution in [0.2, 0.25) is 0 Å². The van der Waals surface area contributed by atoms with Gasteiger partial charge in [-0.2, -0.15) is 0 Å². The highest BCUT2D eigenvalue weighted by Gasteiger charge is 2.16. The quantitative estimate of drug-likeness (QED) is 0.323. The summed E-state index contributed by atoms with van der Waals surface area (Å²) in [5.41, 5.74) is 1.46. The lowest BCUT2D eigenvalue weighted by Crippen LogP contribution is -2.15. The van der Waals surface area contributed by atoms with Crippen LogP contribution >= 0.6 is 0 Å². The first-order chi connectivity index (χ1) is 16.7. The van der Waals surface area contributed by atoms with Crippen molar-refractivity contribution in [1.29, 1.82) is 0 Å². The molecule has 35 heavy (non-hydrogen) atoms. The van der Waals surface area contributed by atoms with Gasteiger partial charge in [0.25, 0.3) is 26.0 Å². The van der Waals surface area contributed by atoms with Gasteiger partial charge in [-0.1, -0.05) is 36.4 Å². The molecule has 0 atom stereocenters. The molecule has 8 nitrogen and oxygen atoms in total. The molecule has 4 aromatic rings. The molecule has 0 radical (unpaired) electrons. The van der Waals surface area contributed by atoms with E-state index in [0.29, 0.717) is 22.6 Å². The Balaban J connectivity index is 1.40. The maximum absolute atomic E-state index is 12.6. The van der Waals surface area contributed by atoms with Gasteiger partial charge in [-0.3, -0.25) is 14.2 Å². The van der Waals surface area contributed by atoms with Crippen LogP contribution in [0.4, 0.5) is 17.1 Å². The van der Waals surface area contributed by atoms with E-state index in [1.807, 2.05) is 0 Å². The Morgan fingerprint density at radius 1 is 0.486 bits per heavy atom. The minimum atomic E-state index is -3.77. The van der Waals surface area contributed by atoms with Crippen LogP contribution in [0.5, 0.6) is 0 Å². The molecule has 0 bridgehead atoms. The first kappa shape index (κ1) is 24.0. The summed E-state index contributed by atoms with van der Waals surface area (Å²) in [7, 11) is -7.51. The van der Waals surface area contributed by atoms with Crippen LogP contribution in [0.3, 0.4) is 0 Å². The van der Waals surface area contributed by atoms with Crippen molar-refractivity contribution in [1.82, 2.24) is 0 Å². The highest BCUT2D eigenvalue weighted by Crippen LogP contribution is 2.20. The minimum Gasteiger partial charge on any atom is -0.322 e. The number of carbonyl (C=O) groups is 1. The van der Waals surface area contributed by atoms with E-state index in [2.05, 4.69) is 14.8 Å². The maximum Gasteiger partial charge on any atom is 0.261 e. The van der Waals surface area contributed by atoms with E-state index in [1.54, 1.807) is 48.5 Å². The molecule has 0 heterocycles. The normalized spacial score (nSPS) is 11.4. The van der Waals surface area contributed by atoms with Gasteiger partial charge in [-0.05, 0) is 72.8 Å². The van der Waals surface area contributed by atoms with E-state index >= 15 is 0 Å². The summed E-state index contributed by atoms with van der Waals surface area (Å²) in [6.07, 6.45) is 0. The second kappa shape index (κ2) is 10.00. The van der Waals surface area contributed by atoms with Crippen LogP contribution in [0.1, 0.15) is 10.4 Å². The molecule has 0 saturated carbocycles. The van der Waals surface area contributed by atoms with Crippen molar-refractivity contribution in [3.63, 3.8) is 0 Å². The van der Waals surface area contributed by atoms with E-state index in [4.69, 9.17) is 0 Å². The fourth-order valence-electron chi connectivity index (χ4n) is 3.14. The third kappa shape index (κ3) is 6.05. The molecular weight excluding hydrogens is 486 g/mol. The second-order valence-corrected chi connectivity index (χ2v) is 10.8. The molecule has 1 amide bonds. The highest BCUT2D eigenvalue weighted by atomic mass is 32.2. The zero-order chi connectivity index (χ0) is 24.9. The largest absolute Gasteiger partial charge is 0.322 e. The van der Waals surface area contributed by atoms with Gasteiger partial charge in [0, 0.05) is 22.6 Å². The van der Waals surface area contributed by atoms with Crippen molar-refractivity contribution >= 4 is 43.0 Å². The molecule has 0 spiro atoms. The van der Waals surface area contributed by atoms with Gasteiger partial charge in [-0.25, -0.2) is 16.8 Å². The lowest BCUT2D eigenvalue weighted by atomic mass is 10.2. The van der Waals surface area contributed by atoms with Gasteiger partial charge < -0.3 is 5.32 Å². The van der Waals surface area contributed by atoms with Gasteiger partial charge in [0.15, 0.2) is 0 Å². The van der Waals surface area contributed by atoms with Crippen molar-refractivity contribution in [3.8, 4) is 0 Å². The Hall–Kier alpha value is -4.15. The number of benzene rings is 4. The van der Waals surface area contributed by atoms with Crippen LogP contribution in [-0.2, 0) is 20.0 Å². The van der Waals surface area contributed by atoms with E-state index in [-0.39, 0.29) is 9.79 Å². The van der Waals surface area contributed by atoms with Gasteiger partial charge >= 0.3 is 0 Å². The Bertz CT molecular complexity index is 1520. The summed E-state index contributed by atoms with van der Waals surface area (Å²) in [6.45, 7) is 0. The summed E-state index contributed by atoms with van der Waals surface area (Å²) in [6, 6.07) is 28.2. The molecule has 10 heteroatoms. The smallest absolute Gasteiger partial charge is 0.261 e. The number of para-hydroxylation sites is 1. The molecule has 0 fully saturated rings. The molecule has 0 saturated heterocycles. The molecule has 0 aliphatic carbocycles. The fraction of sp³-hybridized carbons (Fsp3) is 0. The predicted octanol–water partition coefficient (Wildman–Crippen LogP) is 4.54. The third-order valence-electron chi connectivity index (χ3n) is 4.90. The zero-order valence-electron chi connectivity index (χ0n) is 18.3. The van der Waals surface area contributed by atoms with Crippen molar-refractivity contribution in [2.24, 2.45) is 0 Å². The van der Waals surface area contributed by atoms with Crippen LogP contribution < -0.4 is 14.8 Å². The Morgan fingerprint density at radius 2 is 0.914 bits per heavy atom. The average Bonchev–Trinajstić information content (AvgIpc) is 2.85. The van der Waals surface area contributed by atoms with Gasteiger partial charge in [-0.15, -0.1) is 0 Å². The molecule has 0 aliphatic heterocycles. The number of nitrogens with one attached hydrogen (secondary N) is 3. The summed E-state index contributed by atoms with van der Waals surface area (Å²) in [5, 5.41) is 2.69. The fourth-order valence-corrected chi connectivity index (χ4v) is 5.28. The van der Waals surface area contributed by atoms with E-state index in [0.717, 1.165) is 0 Å². The summed E-state index contributed by atoms with van der Waals surface area (Å²) < 4.78 is 54.9. The number of carbonyl (C=O) groups excluding carboxylic acids is 1. The number of rotatable bonds is 8. The third-order valence-corrected chi connectivity index (χ3v) is 7.70. The number of hydrogen-bond donors (Lipinski definition) is 3. The van der Waals surface area contributed by atoms with Crippen LogP contribution in [0, 0.1) is 0 Å². The number of sulfonamides is 2. The SMILES string of the molecule is O=C(Nc1ccc(S(=O)(=O)Nc2ccccc2)cc1)c1ccc(NS(=O)(=O)c2ccccc2)cc1. The Kier molecular flexibility index (Phi) is 6.85. The van der Waals surface area contributed by atoms with Crippen LogP contribution in [-0.4, -0.2) is 22.7 Å². The number of anilines is 3. The second-order valence-electron chi connectivity index (χ2n) is 7.45. The lowest BCUT2D eigenvalue weighted by molar-refractivity contribution is 0.102. The number of amides is 1. The van der Waals surface area contributed by atoms with Crippen LogP contribution in [0.25, 0.3) is 0 Å². The molecule has 3 N–H and O–H groups in total. The first-order valence-electron chi connectivity index (χ1n) is 10.4. The Morgan fingerprint density at radius 3 is 1.46 bits per heavy atom. The van der Waals surface area contributed by atoms with E-state index < -0.39 is 26.0 Å². The highest BCUT2D eigenvalue weighted by molar-refractivity contribution is 7.93. The average molecular weight is 508 g/mol. The monoisotopic (exact) mass is 507 g/mol. The molecule has 0 aliphatic rings.